The Morgan fingerprint density at radius 3 is 2.38 bits per heavy atom. The SMILES string of the molecule is Cc1cc(C(=O)N2CCN(Cc3ccc(Cl)cc3)CC2)ncc1C(N)=O. The molecule has 136 valence electrons. The van der Waals surface area contributed by atoms with Crippen molar-refractivity contribution in [2.45, 2.75) is 13.5 Å². The topological polar surface area (TPSA) is 79.5 Å². The highest BCUT2D eigenvalue weighted by Gasteiger charge is 2.23. The van der Waals surface area contributed by atoms with Gasteiger partial charge in [0, 0.05) is 43.9 Å². The molecule has 2 amide bonds. The number of hydrogen-bond acceptors (Lipinski definition) is 4. The number of pyridine rings is 1. The van der Waals surface area contributed by atoms with Gasteiger partial charge in [-0.1, -0.05) is 23.7 Å². The lowest BCUT2D eigenvalue weighted by Gasteiger charge is -2.34. The van der Waals surface area contributed by atoms with Crippen LogP contribution in [0.1, 0.15) is 32.0 Å². The van der Waals surface area contributed by atoms with E-state index in [0.29, 0.717) is 29.9 Å². The molecule has 0 bridgehead atoms. The summed E-state index contributed by atoms with van der Waals surface area (Å²) in [5, 5.41) is 0.731. The van der Waals surface area contributed by atoms with E-state index in [9.17, 15) is 9.59 Å². The maximum Gasteiger partial charge on any atom is 0.272 e. The number of aromatic nitrogens is 1. The van der Waals surface area contributed by atoms with Crippen molar-refractivity contribution in [1.29, 1.82) is 0 Å². The number of benzene rings is 1. The van der Waals surface area contributed by atoms with Gasteiger partial charge in [0.25, 0.3) is 11.8 Å². The zero-order valence-corrected chi connectivity index (χ0v) is 15.4. The fourth-order valence-electron chi connectivity index (χ4n) is 3.05. The summed E-state index contributed by atoms with van der Waals surface area (Å²) in [7, 11) is 0. The molecule has 7 heteroatoms. The molecule has 2 N–H and O–H groups in total. The lowest BCUT2D eigenvalue weighted by Crippen LogP contribution is -2.48. The molecule has 2 aromatic rings. The van der Waals surface area contributed by atoms with Crippen molar-refractivity contribution in [2.75, 3.05) is 26.2 Å². The number of piperazine rings is 1. The number of nitrogens with two attached hydrogens (primary N) is 1. The van der Waals surface area contributed by atoms with E-state index in [2.05, 4.69) is 9.88 Å². The number of amides is 2. The van der Waals surface area contributed by atoms with Crippen LogP contribution < -0.4 is 5.73 Å². The zero-order valence-electron chi connectivity index (χ0n) is 14.6. The smallest absolute Gasteiger partial charge is 0.272 e. The van der Waals surface area contributed by atoms with Crippen LogP contribution in [0.15, 0.2) is 36.5 Å². The zero-order chi connectivity index (χ0) is 18.7. The summed E-state index contributed by atoms with van der Waals surface area (Å²) >= 11 is 5.92. The average Bonchev–Trinajstić information content (AvgIpc) is 2.63. The summed E-state index contributed by atoms with van der Waals surface area (Å²) in [5.41, 5.74) is 7.84. The first kappa shape index (κ1) is 18.4. The Bertz CT molecular complexity index is 815. The summed E-state index contributed by atoms with van der Waals surface area (Å²) in [6.45, 7) is 5.47. The highest BCUT2D eigenvalue weighted by molar-refractivity contribution is 6.30. The minimum atomic E-state index is -0.537. The number of carbonyl (C=O) groups excluding carboxylic acids is 2. The Hall–Kier alpha value is -2.44. The van der Waals surface area contributed by atoms with Crippen molar-refractivity contribution in [1.82, 2.24) is 14.8 Å². The molecule has 0 radical (unpaired) electrons. The van der Waals surface area contributed by atoms with Gasteiger partial charge in [0.1, 0.15) is 5.69 Å². The summed E-state index contributed by atoms with van der Waals surface area (Å²) in [6.07, 6.45) is 1.38. The number of hydrogen-bond donors (Lipinski definition) is 1. The molecule has 6 nitrogen and oxygen atoms in total. The average molecular weight is 373 g/mol. The summed E-state index contributed by atoms with van der Waals surface area (Å²) < 4.78 is 0. The van der Waals surface area contributed by atoms with E-state index >= 15 is 0 Å². The second-order valence-electron chi connectivity index (χ2n) is 6.44. The molecule has 1 fully saturated rings. The molecule has 0 saturated carbocycles. The van der Waals surface area contributed by atoms with Gasteiger partial charge in [0.05, 0.1) is 5.56 Å². The molecule has 0 spiro atoms. The Morgan fingerprint density at radius 2 is 1.81 bits per heavy atom. The summed E-state index contributed by atoms with van der Waals surface area (Å²) in [4.78, 5) is 32.1. The highest BCUT2D eigenvalue weighted by Crippen LogP contribution is 2.15. The third-order valence-corrected chi connectivity index (χ3v) is 4.83. The van der Waals surface area contributed by atoms with E-state index in [1.165, 1.54) is 11.8 Å². The number of nitrogens with zero attached hydrogens (tertiary/aromatic N) is 3. The van der Waals surface area contributed by atoms with Crippen LogP contribution in [0.4, 0.5) is 0 Å². The molecular weight excluding hydrogens is 352 g/mol. The van der Waals surface area contributed by atoms with Crippen molar-refractivity contribution < 1.29 is 9.59 Å². The number of aryl methyl sites for hydroxylation is 1. The van der Waals surface area contributed by atoms with E-state index in [1.54, 1.807) is 17.9 Å². The third-order valence-electron chi connectivity index (χ3n) is 4.57. The van der Waals surface area contributed by atoms with Gasteiger partial charge >= 0.3 is 0 Å². The van der Waals surface area contributed by atoms with Crippen molar-refractivity contribution in [2.24, 2.45) is 5.73 Å². The first-order valence-electron chi connectivity index (χ1n) is 8.46. The molecule has 0 aliphatic carbocycles. The van der Waals surface area contributed by atoms with Crippen LogP contribution in [0.2, 0.25) is 5.02 Å². The molecule has 1 saturated heterocycles. The summed E-state index contributed by atoms with van der Waals surface area (Å²) in [6, 6.07) is 9.45. The van der Waals surface area contributed by atoms with E-state index in [4.69, 9.17) is 17.3 Å². The Labute approximate surface area is 157 Å². The predicted molar refractivity (Wildman–Crippen MR) is 100 cm³/mol. The normalized spacial score (nSPS) is 15.1. The van der Waals surface area contributed by atoms with Gasteiger partial charge in [-0.2, -0.15) is 0 Å². The minimum absolute atomic E-state index is 0.115. The van der Waals surface area contributed by atoms with Crippen LogP contribution in [0.25, 0.3) is 0 Å². The molecule has 1 aliphatic rings. The molecule has 0 unspecified atom stereocenters. The fraction of sp³-hybridized carbons (Fsp3) is 0.316. The minimum Gasteiger partial charge on any atom is -0.366 e. The summed E-state index contributed by atoms with van der Waals surface area (Å²) in [5.74, 6) is -0.653. The van der Waals surface area contributed by atoms with Crippen LogP contribution in [0.3, 0.4) is 0 Å². The Morgan fingerprint density at radius 1 is 1.15 bits per heavy atom. The van der Waals surface area contributed by atoms with Gasteiger partial charge in [-0.05, 0) is 36.2 Å². The monoisotopic (exact) mass is 372 g/mol. The first-order chi connectivity index (χ1) is 12.4. The molecule has 26 heavy (non-hydrogen) atoms. The number of carbonyl (C=O) groups is 2. The lowest BCUT2D eigenvalue weighted by atomic mass is 10.1. The van der Waals surface area contributed by atoms with Crippen LogP contribution in [0, 0.1) is 6.92 Å². The Kier molecular flexibility index (Phi) is 5.54. The fourth-order valence-corrected chi connectivity index (χ4v) is 3.18. The third kappa shape index (κ3) is 4.20. The van der Waals surface area contributed by atoms with Gasteiger partial charge in [0.15, 0.2) is 0 Å². The van der Waals surface area contributed by atoms with E-state index in [1.807, 2.05) is 24.3 Å². The van der Waals surface area contributed by atoms with E-state index in [0.717, 1.165) is 24.7 Å². The van der Waals surface area contributed by atoms with Gasteiger partial charge in [0.2, 0.25) is 0 Å². The largest absolute Gasteiger partial charge is 0.366 e. The van der Waals surface area contributed by atoms with Gasteiger partial charge in [-0.3, -0.25) is 19.5 Å². The highest BCUT2D eigenvalue weighted by atomic mass is 35.5. The van der Waals surface area contributed by atoms with Crippen LogP contribution >= 0.6 is 11.6 Å². The molecule has 0 atom stereocenters. The van der Waals surface area contributed by atoms with Crippen molar-refractivity contribution >= 4 is 23.4 Å². The van der Waals surface area contributed by atoms with Crippen molar-refractivity contribution in [3.63, 3.8) is 0 Å². The van der Waals surface area contributed by atoms with Crippen LogP contribution in [0.5, 0.6) is 0 Å². The second-order valence-corrected chi connectivity index (χ2v) is 6.88. The number of halogens is 1. The van der Waals surface area contributed by atoms with E-state index < -0.39 is 5.91 Å². The molecule has 2 heterocycles. The molecule has 1 aliphatic heterocycles. The molecule has 1 aromatic carbocycles. The number of rotatable bonds is 4. The maximum absolute atomic E-state index is 12.6. The van der Waals surface area contributed by atoms with Crippen molar-refractivity contribution in [3.8, 4) is 0 Å². The quantitative estimate of drug-likeness (QED) is 0.891. The molecular formula is C19H21ClN4O2. The maximum atomic E-state index is 12.6. The lowest BCUT2D eigenvalue weighted by molar-refractivity contribution is 0.0622. The van der Waals surface area contributed by atoms with Gasteiger partial charge < -0.3 is 10.6 Å². The molecule has 1 aromatic heterocycles. The number of primary amides is 1. The standard InChI is InChI=1S/C19H21ClN4O2/c1-13-10-17(22-11-16(13)18(21)25)19(26)24-8-6-23(7-9-24)12-14-2-4-15(20)5-3-14/h2-5,10-11H,6-9,12H2,1H3,(H2,21,25). The second kappa shape index (κ2) is 7.85. The van der Waals surface area contributed by atoms with Crippen LogP contribution in [-0.4, -0.2) is 52.8 Å². The van der Waals surface area contributed by atoms with E-state index in [-0.39, 0.29) is 5.91 Å². The molecule has 3 rings (SSSR count). The van der Waals surface area contributed by atoms with Crippen molar-refractivity contribution in [3.05, 3.63) is 63.9 Å². The van der Waals surface area contributed by atoms with Gasteiger partial charge in [-0.15, -0.1) is 0 Å². The first-order valence-corrected chi connectivity index (χ1v) is 8.84. The van der Waals surface area contributed by atoms with Gasteiger partial charge in [-0.25, -0.2) is 0 Å². The Balaban J connectivity index is 1.59. The van der Waals surface area contributed by atoms with Crippen LogP contribution in [-0.2, 0) is 6.54 Å². The predicted octanol–water partition coefficient (Wildman–Crippen LogP) is 2.10.